The maximum absolute atomic E-state index is 11.7. The summed E-state index contributed by atoms with van der Waals surface area (Å²) in [5.74, 6) is 1.74. The molecule has 0 saturated carbocycles. The molecule has 0 spiro atoms. The third kappa shape index (κ3) is 2.82. The highest BCUT2D eigenvalue weighted by molar-refractivity contribution is 7.91. The van der Waals surface area contributed by atoms with Crippen LogP contribution < -0.4 is 4.90 Å². The Morgan fingerprint density at radius 3 is 2.38 bits per heavy atom. The molecule has 1 aliphatic rings. The fraction of sp³-hybridized carbons (Fsp3) is 0.235. The summed E-state index contributed by atoms with van der Waals surface area (Å²) < 4.78 is 23.4. The minimum atomic E-state index is -2.93. The Morgan fingerprint density at radius 1 is 0.917 bits per heavy atom. The fourth-order valence-electron chi connectivity index (χ4n) is 2.86. The molecule has 0 N–H and O–H groups in total. The number of pyridine rings is 1. The number of benzene rings is 1. The Bertz CT molecular complexity index is 976. The van der Waals surface area contributed by atoms with Gasteiger partial charge in [0.15, 0.2) is 15.7 Å². The smallest absolute Gasteiger partial charge is 0.162 e. The van der Waals surface area contributed by atoms with Gasteiger partial charge >= 0.3 is 0 Å². The first-order valence-corrected chi connectivity index (χ1v) is 9.57. The first-order chi connectivity index (χ1) is 11.6. The maximum atomic E-state index is 11.7. The highest BCUT2D eigenvalue weighted by atomic mass is 32.2. The fourth-order valence-corrected chi connectivity index (χ4v) is 4.06. The van der Waals surface area contributed by atoms with Gasteiger partial charge in [-0.15, -0.1) is 0 Å². The number of aromatic nitrogens is 3. The van der Waals surface area contributed by atoms with Crippen molar-refractivity contribution in [1.29, 1.82) is 0 Å². The Hall–Kier alpha value is -2.54. The van der Waals surface area contributed by atoms with E-state index in [9.17, 15) is 8.42 Å². The number of nitrogens with zero attached hydrogens (tertiary/aromatic N) is 4. The van der Waals surface area contributed by atoms with E-state index >= 15 is 0 Å². The molecule has 1 fully saturated rings. The third-order valence-electron chi connectivity index (χ3n) is 4.17. The second kappa shape index (κ2) is 5.83. The van der Waals surface area contributed by atoms with Crippen molar-refractivity contribution in [3.05, 3.63) is 48.8 Å². The van der Waals surface area contributed by atoms with Crippen LogP contribution in [0.25, 0.3) is 22.3 Å². The van der Waals surface area contributed by atoms with Gasteiger partial charge in [0.2, 0.25) is 0 Å². The number of hydrogen-bond donors (Lipinski definition) is 0. The topological polar surface area (TPSA) is 76.1 Å². The van der Waals surface area contributed by atoms with E-state index in [1.807, 2.05) is 41.3 Å². The van der Waals surface area contributed by atoms with Crippen molar-refractivity contribution in [1.82, 2.24) is 15.0 Å². The number of sulfone groups is 1. The van der Waals surface area contributed by atoms with Gasteiger partial charge in [0.1, 0.15) is 5.82 Å². The molecule has 0 unspecified atom stereocenters. The monoisotopic (exact) mass is 340 g/mol. The van der Waals surface area contributed by atoms with Gasteiger partial charge < -0.3 is 4.90 Å². The minimum Gasteiger partial charge on any atom is -0.354 e. The van der Waals surface area contributed by atoms with Crippen molar-refractivity contribution in [2.45, 2.75) is 0 Å². The van der Waals surface area contributed by atoms with Crippen molar-refractivity contribution < 1.29 is 8.42 Å². The minimum absolute atomic E-state index is 0.163. The second-order valence-electron chi connectivity index (χ2n) is 5.76. The van der Waals surface area contributed by atoms with Crippen LogP contribution in [0.3, 0.4) is 0 Å². The van der Waals surface area contributed by atoms with Crippen LogP contribution in [0.15, 0.2) is 48.8 Å². The van der Waals surface area contributed by atoms with Crippen LogP contribution in [-0.4, -0.2) is 48.0 Å². The quantitative estimate of drug-likeness (QED) is 0.709. The zero-order valence-corrected chi connectivity index (χ0v) is 13.8. The molecular weight excluding hydrogens is 324 g/mol. The molecule has 4 rings (SSSR count). The average molecular weight is 340 g/mol. The molecule has 0 aliphatic carbocycles. The van der Waals surface area contributed by atoms with Crippen molar-refractivity contribution in [3.63, 3.8) is 0 Å². The lowest BCUT2D eigenvalue weighted by Gasteiger charge is -2.28. The summed E-state index contributed by atoms with van der Waals surface area (Å²) in [6.07, 6.45) is 3.42. The Kier molecular flexibility index (Phi) is 3.65. The predicted molar refractivity (Wildman–Crippen MR) is 93.6 cm³/mol. The zero-order valence-electron chi connectivity index (χ0n) is 13.0. The summed E-state index contributed by atoms with van der Waals surface area (Å²) in [5.41, 5.74) is 1.74. The highest BCUT2D eigenvalue weighted by Gasteiger charge is 2.24. The van der Waals surface area contributed by atoms with Gasteiger partial charge in [-0.1, -0.05) is 12.1 Å². The van der Waals surface area contributed by atoms with E-state index in [-0.39, 0.29) is 11.5 Å². The SMILES string of the molecule is O=S1(=O)CCN(c2nc(-c3ccncc3)nc3ccccc23)CC1. The van der Waals surface area contributed by atoms with Crippen LogP contribution in [0.4, 0.5) is 5.82 Å². The van der Waals surface area contributed by atoms with Crippen LogP contribution in [-0.2, 0) is 9.84 Å². The second-order valence-corrected chi connectivity index (χ2v) is 8.07. The van der Waals surface area contributed by atoms with E-state index in [1.165, 1.54) is 0 Å². The van der Waals surface area contributed by atoms with E-state index < -0.39 is 9.84 Å². The first kappa shape index (κ1) is 15.0. The number of hydrogen-bond acceptors (Lipinski definition) is 6. The van der Waals surface area contributed by atoms with Gasteiger partial charge in [0.25, 0.3) is 0 Å². The summed E-state index contributed by atoms with van der Waals surface area (Å²) in [6, 6.07) is 11.6. The third-order valence-corrected chi connectivity index (χ3v) is 5.77. The van der Waals surface area contributed by atoms with Crippen LogP contribution in [0.2, 0.25) is 0 Å². The number of anilines is 1. The lowest BCUT2D eigenvalue weighted by molar-refractivity contribution is 0.586. The van der Waals surface area contributed by atoms with E-state index in [0.717, 1.165) is 22.3 Å². The van der Waals surface area contributed by atoms with E-state index in [4.69, 9.17) is 4.98 Å². The summed E-state index contributed by atoms with van der Waals surface area (Å²) in [5, 5.41) is 0.939. The number of para-hydroxylation sites is 1. The lowest BCUT2D eigenvalue weighted by Crippen LogP contribution is -2.40. The predicted octanol–water partition coefficient (Wildman–Crippen LogP) is 1.93. The molecule has 1 aromatic carbocycles. The van der Waals surface area contributed by atoms with E-state index in [1.54, 1.807) is 12.4 Å². The van der Waals surface area contributed by atoms with Gasteiger partial charge in [0, 0.05) is 36.4 Å². The van der Waals surface area contributed by atoms with Gasteiger partial charge in [-0.25, -0.2) is 18.4 Å². The molecular formula is C17H16N4O2S. The van der Waals surface area contributed by atoms with Crippen molar-refractivity contribution >= 4 is 26.6 Å². The van der Waals surface area contributed by atoms with Crippen LogP contribution >= 0.6 is 0 Å². The number of rotatable bonds is 2. The molecule has 3 heterocycles. The molecule has 0 atom stereocenters. The molecule has 0 bridgehead atoms. The summed E-state index contributed by atoms with van der Waals surface area (Å²) in [6.45, 7) is 0.915. The van der Waals surface area contributed by atoms with Gasteiger partial charge in [-0.2, -0.15) is 0 Å². The summed E-state index contributed by atoms with van der Waals surface area (Å²) in [4.78, 5) is 15.4. The number of fused-ring (bicyclic) bond motifs is 1. The molecule has 1 aliphatic heterocycles. The zero-order chi connectivity index (χ0) is 16.6. The standard InChI is InChI=1S/C17H16N4O2S/c22-24(23)11-9-21(10-12-24)17-14-3-1-2-4-15(14)19-16(20-17)13-5-7-18-8-6-13/h1-8H,9-12H2. The maximum Gasteiger partial charge on any atom is 0.162 e. The van der Waals surface area contributed by atoms with Crippen molar-refractivity contribution in [2.24, 2.45) is 0 Å². The van der Waals surface area contributed by atoms with E-state index in [2.05, 4.69) is 9.97 Å². The van der Waals surface area contributed by atoms with Gasteiger partial charge in [0.05, 0.1) is 17.0 Å². The molecule has 0 amide bonds. The Morgan fingerprint density at radius 2 is 1.62 bits per heavy atom. The summed E-state index contributed by atoms with van der Waals surface area (Å²) in [7, 11) is -2.93. The van der Waals surface area contributed by atoms with Gasteiger partial charge in [-0.05, 0) is 24.3 Å². The Labute approximate surface area is 140 Å². The van der Waals surface area contributed by atoms with Crippen molar-refractivity contribution in [2.75, 3.05) is 29.5 Å². The van der Waals surface area contributed by atoms with E-state index in [0.29, 0.717) is 18.9 Å². The van der Waals surface area contributed by atoms with Crippen LogP contribution in [0.5, 0.6) is 0 Å². The molecule has 122 valence electrons. The molecule has 3 aromatic rings. The summed E-state index contributed by atoms with van der Waals surface area (Å²) >= 11 is 0. The molecule has 0 radical (unpaired) electrons. The average Bonchev–Trinajstić information content (AvgIpc) is 2.62. The molecule has 1 saturated heterocycles. The molecule has 24 heavy (non-hydrogen) atoms. The van der Waals surface area contributed by atoms with Gasteiger partial charge in [-0.3, -0.25) is 4.98 Å². The Balaban J connectivity index is 1.84. The van der Waals surface area contributed by atoms with Crippen LogP contribution in [0.1, 0.15) is 0 Å². The largest absolute Gasteiger partial charge is 0.354 e. The lowest BCUT2D eigenvalue weighted by atomic mass is 10.2. The van der Waals surface area contributed by atoms with Crippen LogP contribution in [0, 0.1) is 0 Å². The highest BCUT2D eigenvalue weighted by Crippen LogP contribution is 2.28. The molecule has 7 heteroatoms. The molecule has 6 nitrogen and oxygen atoms in total. The van der Waals surface area contributed by atoms with Crippen molar-refractivity contribution in [3.8, 4) is 11.4 Å². The normalized spacial score (nSPS) is 17.1. The first-order valence-electron chi connectivity index (χ1n) is 7.75. The molecule has 2 aromatic heterocycles.